The number of esters is 1. The lowest BCUT2D eigenvalue weighted by Crippen LogP contribution is -2.40. The van der Waals surface area contributed by atoms with Gasteiger partial charge >= 0.3 is 12.1 Å². The first-order valence-corrected chi connectivity index (χ1v) is 7.97. The third-order valence-electron chi connectivity index (χ3n) is 3.48. The summed E-state index contributed by atoms with van der Waals surface area (Å²) in [6.07, 6.45) is 0.204. The van der Waals surface area contributed by atoms with E-state index in [9.17, 15) is 9.59 Å². The van der Waals surface area contributed by atoms with Crippen molar-refractivity contribution in [2.75, 3.05) is 20.3 Å². The summed E-state index contributed by atoms with van der Waals surface area (Å²) in [6.45, 7) is 8.34. The summed E-state index contributed by atoms with van der Waals surface area (Å²) < 4.78 is 15.6. The van der Waals surface area contributed by atoms with Crippen molar-refractivity contribution < 1.29 is 23.8 Å². The number of carbonyl (C=O) groups excluding carboxylic acids is 2. The molecule has 0 saturated heterocycles. The number of pyridine rings is 1. The maximum Gasteiger partial charge on any atom is 0.410 e. The van der Waals surface area contributed by atoms with Crippen molar-refractivity contribution in [2.24, 2.45) is 0 Å². The SMILES string of the molecule is CCOC(=O)c1cc2c(nc1OC)CCN(C(=O)OC(C)(C)C)C2. The predicted molar refractivity (Wildman–Crippen MR) is 87.1 cm³/mol. The maximum atomic E-state index is 12.2. The van der Waals surface area contributed by atoms with Gasteiger partial charge in [0.05, 0.1) is 26.0 Å². The summed E-state index contributed by atoms with van der Waals surface area (Å²) in [5.41, 5.74) is 1.34. The van der Waals surface area contributed by atoms with Gasteiger partial charge in [-0.25, -0.2) is 14.6 Å². The normalized spacial score (nSPS) is 14.0. The lowest BCUT2D eigenvalue weighted by Gasteiger charge is -2.31. The second-order valence-corrected chi connectivity index (χ2v) is 6.52. The average Bonchev–Trinajstić information content (AvgIpc) is 2.51. The number of fused-ring (bicyclic) bond motifs is 1. The first kappa shape index (κ1) is 18.0. The number of rotatable bonds is 3. The molecular formula is C17H24N2O5. The minimum atomic E-state index is -0.550. The van der Waals surface area contributed by atoms with Crippen molar-refractivity contribution in [1.29, 1.82) is 0 Å². The van der Waals surface area contributed by atoms with Crippen molar-refractivity contribution in [3.8, 4) is 5.88 Å². The minimum Gasteiger partial charge on any atom is -0.480 e. The zero-order valence-electron chi connectivity index (χ0n) is 14.8. The number of methoxy groups -OCH3 is 1. The van der Waals surface area contributed by atoms with Crippen LogP contribution in [0.1, 0.15) is 49.3 Å². The predicted octanol–water partition coefficient (Wildman–Crippen LogP) is 2.56. The molecule has 0 atom stereocenters. The van der Waals surface area contributed by atoms with Crippen molar-refractivity contribution in [3.05, 3.63) is 22.9 Å². The van der Waals surface area contributed by atoms with E-state index >= 15 is 0 Å². The Morgan fingerprint density at radius 2 is 2.04 bits per heavy atom. The molecule has 2 heterocycles. The summed E-state index contributed by atoms with van der Waals surface area (Å²) >= 11 is 0. The molecular weight excluding hydrogens is 312 g/mol. The highest BCUT2D eigenvalue weighted by molar-refractivity contribution is 5.92. The Balaban J connectivity index is 2.25. The molecule has 1 aliphatic heterocycles. The Morgan fingerprint density at radius 3 is 2.62 bits per heavy atom. The van der Waals surface area contributed by atoms with Crippen LogP contribution in [-0.2, 0) is 22.4 Å². The van der Waals surface area contributed by atoms with E-state index in [1.807, 2.05) is 20.8 Å². The van der Waals surface area contributed by atoms with Gasteiger partial charge in [0.2, 0.25) is 5.88 Å². The highest BCUT2D eigenvalue weighted by Crippen LogP contribution is 2.26. The van der Waals surface area contributed by atoms with Crippen LogP contribution in [-0.4, -0.2) is 47.8 Å². The number of ether oxygens (including phenoxy) is 3. The topological polar surface area (TPSA) is 78.0 Å². The van der Waals surface area contributed by atoms with E-state index in [4.69, 9.17) is 14.2 Å². The molecule has 7 heteroatoms. The molecule has 24 heavy (non-hydrogen) atoms. The minimum absolute atomic E-state index is 0.248. The van der Waals surface area contributed by atoms with Crippen LogP contribution < -0.4 is 4.74 Å². The molecule has 7 nitrogen and oxygen atoms in total. The summed E-state index contributed by atoms with van der Waals surface area (Å²) in [6, 6.07) is 1.69. The van der Waals surface area contributed by atoms with E-state index in [1.165, 1.54) is 7.11 Å². The first-order valence-electron chi connectivity index (χ1n) is 7.97. The molecule has 1 aliphatic rings. The fourth-order valence-electron chi connectivity index (χ4n) is 2.45. The van der Waals surface area contributed by atoms with Gasteiger partial charge in [0, 0.05) is 13.0 Å². The molecule has 0 bridgehead atoms. The molecule has 0 N–H and O–H groups in total. The van der Waals surface area contributed by atoms with Crippen molar-refractivity contribution in [2.45, 2.75) is 46.3 Å². The van der Waals surface area contributed by atoms with Crippen LogP contribution >= 0.6 is 0 Å². The number of amides is 1. The van der Waals surface area contributed by atoms with Crippen LogP contribution in [0, 0.1) is 0 Å². The average molecular weight is 336 g/mol. The maximum absolute atomic E-state index is 12.2. The van der Waals surface area contributed by atoms with Gasteiger partial charge in [0.15, 0.2) is 0 Å². The first-order chi connectivity index (χ1) is 11.2. The van der Waals surface area contributed by atoms with Crippen molar-refractivity contribution in [3.63, 3.8) is 0 Å². The fourth-order valence-corrected chi connectivity index (χ4v) is 2.45. The van der Waals surface area contributed by atoms with E-state index < -0.39 is 11.6 Å². The number of carbonyl (C=O) groups is 2. The molecule has 0 radical (unpaired) electrons. The second kappa shape index (κ2) is 7.07. The molecule has 132 valence electrons. The van der Waals surface area contributed by atoms with Crippen molar-refractivity contribution in [1.82, 2.24) is 9.88 Å². The molecule has 0 aromatic carbocycles. The van der Waals surface area contributed by atoms with Gasteiger partial charge < -0.3 is 19.1 Å². The Hall–Kier alpha value is -2.31. The largest absolute Gasteiger partial charge is 0.480 e. The van der Waals surface area contributed by atoms with Gasteiger partial charge in [-0.1, -0.05) is 0 Å². The molecule has 0 spiro atoms. The van der Waals surface area contributed by atoms with E-state index in [0.717, 1.165) is 11.3 Å². The summed E-state index contributed by atoms with van der Waals surface area (Å²) in [7, 11) is 1.47. The van der Waals surface area contributed by atoms with Gasteiger partial charge in [0.25, 0.3) is 0 Å². The molecule has 0 unspecified atom stereocenters. The summed E-state index contributed by atoms with van der Waals surface area (Å²) in [5.74, 6) is -0.239. The van der Waals surface area contributed by atoms with Crippen LogP contribution in [0.3, 0.4) is 0 Å². The van der Waals surface area contributed by atoms with Crippen LogP contribution in [0.2, 0.25) is 0 Å². The molecule has 1 amide bonds. The van der Waals surface area contributed by atoms with Gasteiger partial charge in [-0.15, -0.1) is 0 Å². The molecule has 0 saturated carbocycles. The van der Waals surface area contributed by atoms with E-state index in [-0.39, 0.29) is 24.1 Å². The number of hydrogen-bond donors (Lipinski definition) is 0. The molecule has 1 aromatic heterocycles. The van der Waals surface area contributed by atoms with Gasteiger partial charge in [-0.2, -0.15) is 0 Å². The highest BCUT2D eigenvalue weighted by Gasteiger charge is 2.28. The van der Waals surface area contributed by atoms with Gasteiger partial charge in [0.1, 0.15) is 11.2 Å². The Morgan fingerprint density at radius 1 is 1.33 bits per heavy atom. The fraction of sp³-hybridized carbons (Fsp3) is 0.588. The number of nitrogens with zero attached hydrogens (tertiary/aromatic N) is 2. The highest BCUT2D eigenvalue weighted by atomic mass is 16.6. The lowest BCUT2D eigenvalue weighted by atomic mass is 10.0. The van der Waals surface area contributed by atoms with Crippen LogP contribution in [0.5, 0.6) is 5.88 Å². The number of hydrogen-bond acceptors (Lipinski definition) is 6. The third kappa shape index (κ3) is 4.15. The molecule has 1 aromatic rings. The van der Waals surface area contributed by atoms with Crippen LogP contribution in [0.15, 0.2) is 6.07 Å². The Labute approximate surface area is 141 Å². The summed E-state index contributed by atoms with van der Waals surface area (Å²) in [4.78, 5) is 30.3. The molecule has 0 aliphatic carbocycles. The van der Waals surface area contributed by atoms with Gasteiger partial charge in [-0.3, -0.25) is 0 Å². The zero-order chi connectivity index (χ0) is 17.9. The van der Waals surface area contributed by atoms with Gasteiger partial charge in [-0.05, 0) is 39.3 Å². The summed E-state index contributed by atoms with van der Waals surface area (Å²) in [5, 5.41) is 0. The Bertz CT molecular complexity index is 637. The van der Waals surface area contributed by atoms with Crippen LogP contribution in [0.25, 0.3) is 0 Å². The van der Waals surface area contributed by atoms with Crippen molar-refractivity contribution >= 4 is 12.1 Å². The standard InChI is InChI=1S/C17H24N2O5/c1-6-23-15(20)12-9-11-10-19(16(21)24-17(2,3)4)8-7-13(11)18-14(12)22-5/h9H,6-8,10H2,1-5H3. The quantitative estimate of drug-likeness (QED) is 0.790. The third-order valence-corrected chi connectivity index (χ3v) is 3.48. The zero-order valence-corrected chi connectivity index (χ0v) is 14.8. The molecule has 0 fully saturated rings. The van der Waals surface area contributed by atoms with E-state index in [2.05, 4.69) is 4.98 Å². The van der Waals surface area contributed by atoms with Crippen LogP contribution in [0.4, 0.5) is 4.79 Å². The monoisotopic (exact) mass is 336 g/mol. The molecule has 2 rings (SSSR count). The second-order valence-electron chi connectivity index (χ2n) is 6.52. The lowest BCUT2D eigenvalue weighted by molar-refractivity contribution is 0.0222. The number of aromatic nitrogens is 1. The van der Waals surface area contributed by atoms with E-state index in [1.54, 1.807) is 17.9 Å². The van der Waals surface area contributed by atoms with E-state index in [0.29, 0.717) is 19.5 Å². The Kier molecular flexibility index (Phi) is 5.31. The smallest absolute Gasteiger partial charge is 0.410 e.